The van der Waals surface area contributed by atoms with E-state index < -0.39 is 11.6 Å². The highest BCUT2D eigenvalue weighted by molar-refractivity contribution is 5.22. The lowest BCUT2D eigenvalue weighted by molar-refractivity contribution is 0.00529. The SMILES string of the molecule is CNC(CC1CCCCO1)c1ccc(F)cc1F. The largest absolute Gasteiger partial charge is 0.378 e. The molecule has 100 valence electrons. The Balaban J connectivity index is 2.07. The van der Waals surface area contributed by atoms with Crippen LogP contribution in [0.15, 0.2) is 18.2 Å². The standard InChI is InChI=1S/C14H19F2NO/c1-17-14(9-11-4-2-3-7-18-11)12-6-5-10(15)8-13(12)16/h5-6,8,11,14,17H,2-4,7,9H2,1H3. The molecular weight excluding hydrogens is 236 g/mol. The van der Waals surface area contributed by atoms with Gasteiger partial charge < -0.3 is 10.1 Å². The van der Waals surface area contributed by atoms with Crippen molar-refractivity contribution in [3.63, 3.8) is 0 Å². The van der Waals surface area contributed by atoms with Gasteiger partial charge in [-0.1, -0.05) is 6.07 Å². The van der Waals surface area contributed by atoms with Crippen LogP contribution in [0.2, 0.25) is 0 Å². The Morgan fingerprint density at radius 2 is 2.22 bits per heavy atom. The van der Waals surface area contributed by atoms with Crippen LogP contribution in [0.4, 0.5) is 8.78 Å². The van der Waals surface area contributed by atoms with Gasteiger partial charge in [0, 0.05) is 24.3 Å². The van der Waals surface area contributed by atoms with E-state index in [-0.39, 0.29) is 12.1 Å². The zero-order chi connectivity index (χ0) is 13.0. The molecule has 4 heteroatoms. The van der Waals surface area contributed by atoms with E-state index in [0.29, 0.717) is 5.56 Å². The molecule has 2 nitrogen and oxygen atoms in total. The maximum Gasteiger partial charge on any atom is 0.130 e. The molecule has 1 aliphatic heterocycles. The molecule has 1 aliphatic rings. The maximum absolute atomic E-state index is 13.7. The van der Waals surface area contributed by atoms with Gasteiger partial charge in [0.05, 0.1) is 6.10 Å². The first-order valence-corrected chi connectivity index (χ1v) is 6.44. The molecule has 0 aliphatic carbocycles. The summed E-state index contributed by atoms with van der Waals surface area (Å²) in [5.74, 6) is -1.04. The summed E-state index contributed by atoms with van der Waals surface area (Å²) in [6, 6.07) is 3.61. The fourth-order valence-corrected chi connectivity index (χ4v) is 2.44. The number of rotatable bonds is 4. The van der Waals surface area contributed by atoms with Gasteiger partial charge in [-0.3, -0.25) is 0 Å². The molecule has 2 rings (SSSR count). The van der Waals surface area contributed by atoms with Gasteiger partial charge in [-0.05, 0) is 38.8 Å². The number of hydrogen-bond donors (Lipinski definition) is 1. The van der Waals surface area contributed by atoms with E-state index >= 15 is 0 Å². The van der Waals surface area contributed by atoms with Crippen LogP contribution in [0.3, 0.4) is 0 Å². The molecule has 18 heavy (non-hydrogen) atoms. The van der Waals surface area contributed by atoms with Crippen LogP contribution in [0.5, 0.6) is 0 Å². The third-order valence-electron chi connectivity index (χ3n) is 3.46. The minimum absolute atomic E-state index is 0.131. The van der Waals surface area contributed by atoms with E-state index in [0.717, 1.165) is 38.4 Å². The molecule has 0 bridgehead atoms. The predicted molar refractivity (Wildman–Crippen MR) is 66.4 cm³/mol. The Labute approximate surface area is 106 Å². The molecule has 0 amide bonds. The monoisotopic (exact) mass is 255 g/mol. The summed E-state index contributed by atoms with van der Waals surface area (Å²) in [6.45, 7) is 0.785. The highest BCUT2D eigenvalue weighted by atomic mass is 19.1. The van der Waals surface area contributed by atoms with Gasteiger partial charge in [0.25, 0.3) is 0 Å². The van der Waals surface area contributed by atoms with Gasteiger partial charge in [0.1, 0.15) is 11.6 Å². The quantitative estimate of drug-likeness (QED) is 0.892. The highest BCUT2D eigenvalue weighted by Gasteiger charge is 2.21. The van der Waals surface area contributed by atoms with E-state index in [1.165, 1.54) is 12.1 Å². The Kier molecular flexibility index (Phi) is 4.66. The first kappa shape index (κ1) is 13.4. The third-order valence-corrected chi connectivity index (χ3v) is 3.46. The molecule has 0 aromatic heterocycles. The molecule has 1 heterocycles. The van der Waals surface area contributed by atoms with Crippen LogP contribution in [-0.2, 0) is 4.74 Å². The first-order valence-electron chi connectivity index (χ1n) is 6.44. The lowest BCUT2D eigenvalue weighted by Crippen LogP contribution is -2.27. The van der Waals surface area contributed by atoms with Crippen molar-refractivity contribution in [3.05, 3.63) is 35.4 Å². The molecule has 1 aromatic rings. The van der Waals surface area contributed by atoms with E-state index in [2.05, 4.69) is 5.32 Å². The Morgan fingerprint density at radius 3 is 2.83 bits per heavy atom. The van der Waals surface area contributed by atoms with Crippen molar-refractivity contribution in [2.24, 2.45) is 0 Å². The summed E-state index contributed by atoms with van der Waals surface area (Å²) < 4.78 is 32.3. The number of nitrogens with one attached hydrogen (secondary N) is 1. The average molecular weight is 255 g/mol. The summed E-state index contributed by atoms with van der Waals surface area (Å²) in [6.07, 6.45) is 4.17. The number of hydrogen-bond acceptors (Lipinski definition) is 2. The molecular formula is C14H19F2NO. The second-order valence-electron chi connectivity index (χ2n) is 4.73. The molecule has 0 saturated carbocycles. The molecule has 1 fully saturated rings. The average Bonchev–Trinajstić information content (AvgIpc) is 2.38. The molecule has 1 aromatic carbocycles. The number of ether oxygens (including phenoxy) is 1. The van der Waals surface area contributed by atoms with E-state index in [9.17, 15) is 8.78 Å². The van der Waals surface area contributed by atoms with E-state index in [1.54, 1.807) is 7.05 Å². The molecule has 0 radical (unpaired) electrons. The van der Waals surface area contributed by atoms with Crippen molar-refractivity contribution in [2.45, 2.75) is 37.8 Å². The van der Waals surface area contributed by atoms with Gasteiger partial charge >= 0.3 is 0 Å². The predicted octanol–water partition coefficient (Wildman–Crippen LogP) is 3.18. The summed E-state index contributed by atoms with van der Waals surface area (Å²) in [5.41, 5.74) is 0.507. The van der Waals surface area contributed by atoms with Crippen LogP contribution < -0.4 is 5.32 Å². The zero-order valence-corrected chi connectivity index (χ0v) is 10.6. The van der Waals surface area contributed by atoms with Crippen LogP contribution in [0.1, 0.15) is 37.3 Å². The number of halogens is 2. The lowest BCUT2D eigenvalue weighted by atomic mass is 9.96. The zero-order valence-electron chi connectivity index (χ0n) is 10.6. The minimum atomic E-state index is -0.542. The Morgan fingerprint density at radius 1 is 1.39 bits per heavy atom. The van der Waals surface area contributed by atoms with Crippen molar-refractivity contribution < 1.29 is 13.5 Å². The van der Waals surface area contributed by atoms with Gasteiger partial charge in [0.15, 0.2) is 0 Å². The highest BCUT2D eigenvalue weighted by Crippen LogP contribution is 2.26. The third kappa shape index (κ3) is 3.27. The minimum Gasteiger partial charge on any atom is -0.378 e. The van der Waals surface area contributed by atoms with Gasteiger partial charge in [0.2, 0.25) is 0 Å². The Bertz CT molecular complexity index is 391. The fourth-order valence-electron chi connectivity index (χ4n) is 2.44. The summed E-state index contributed by atoms with van der Waals surface area (Å²) in [7, 11) is 1.79. The second kappa shape index (κ2) is 6.25. The topological polar surface area (TPSA) is 21.3 Å². The molecule has 2 atom stereocenters. The second-order valence-corrected chi connectivity index (χ2v) is 4.73. The van der Waals surface area contributed by atoms with Crippen LogP contribution in [0, 0.1) is 11.6 Å². The summed E-state index contributed by atoms with van der Waals surface area (Å²) in [5, 5.41) is 3.08. The molecule has 1 saturated heterocycles. The van der Waals surface area contributed by atoms with Crippen molar-refractivity contribution >= 4 is 0 Å². The van der Waals surface area contributed by atoms with Crippen molar-refractivity contribution in [1.82, 2.24) is 5.32 Å². The van der Waals surface area contributed by atoms with Gasteiger partial charge in [-0.2, -0.15) is 0 Å². The number of benzene rings is 1. The maximum atomic E-state index is 13.7. The van der Waals surface area contributed by atoms with E-state index in [4.69, 9.17) is 4.74 Å². The summed E-state index contributed by atoms with van der Waals surface area (Å²) in [4.78, 5) is 0. The molecule has 1 N–H and O–H groups in total. The molecule has 0 spiro atoms. The van der Waals surface area contributed by atoms with Gasteiger partial charge in [-0.15, -0.1) is 0 Å². The molecule has 2 unspecified atom stereocenters. The van der Waals surface area contributed by atoms with Crippen LogP contribution in [-0.4, -0.2) is 19.8 Å². The van der Waals surface area contributed by atoms with Crippen molar-refractivity contribution in [2.75, 3.05) is 13.7 Å². The smallest absolute Gasteiger partial charge is 0.130 e. The van der Waals surface area contributed by atoms with Crippen molar-refractivity contribution in [3.8, 4) is 0 Å². The summed E-state index contributed by atoms with van der Waals surface area (Å²) >= 11 is 0. The Hall–Kier alpha value is -1.00. The van der Waals surface area contributed by atoms with Gasteiger partial charge in [-0.25, -0.2) is 8.78 Å². The van der Waals surface area contributed by atoms with E-state index in [1.807, 2.05) is 0 Å². The normalized spacial score (nSPS) is 21.8. The van der Waals surface area contributed by atoms with Crippen LogP contribution in [0.25, 0.3) is 0 Å². The van der Waals surface area contributed by atoms with Crippen LogP contribution >= 0.6 is 0 Å². The fraction of sp³-hybridized carbons (Fsp3) is 0.571. The lowest BCUT2D eigenvalue weighted by Gasteiger charge is -2.27. The van der Waals surface area contributed by atoms with Crippen molar-refractivity contribution in [1.29, 1.82) is 0 Å². The first-order chi connectivity index (χ1) is 8.70.